The van der Waals surface area contributed by atoms with Crippen molar-refractivity contribution in [2.24, 2.45) is 11.8 Å². The van der Waals surface area contributed by atoms with Gasteiger partial charge >= 0.3 is 12.1 Å². The molecule has 0 aliphatic heterocycles. The monoisotopic (exact) mass is 322 g/mol. The second kappa shape index (κ2) is 7.97. The molecule has 0 N–H and O–H groups in total. The maximum Gasteiger partial charge on any atom is 0.543 e. The third kappa shape index (κ3) is 4.69. The number of rotatable bonds is 4. The third-order valence-electron chi connectivity index (χ3n) is 4.46. The molecule has 0 spiro atoms. The molecule has 0 bridgehead atoms. The van der Waals surface area contributed by atoms with Gasteiger partial charge in [-0.05, 0) is 43.2 Å². The van der Waals surface area contributed by atoms with Crippen LogP contribution in [0.25, 0.3) is 0 Å². The summed E-state index contributed by atoms with van der Waals surface area (Å²) in [7, 11) is 0. The van der Waals surface area contributed by atoms with E-state index >= 15 is 0 Å². The van der Waals surface area contributed by atoms with Gasteiger partial charge in [0.2, 0.25) is 0 Å². The van der Waals surface area contributed by atoms with Crippen molar-refractivity contribution >= 4 is 12.1 Å². The lowest BCUT2D eigenvalue weighted by atomic mass is 9.79. The number of carbonyl (C=O) groups is 2. The van der Waals surface area contributed by atoms with Crippen LogP contribution >= 0.6 is 0 Å². The molecule has 23 heavy (non-hydrogen) atoms. The van der Waals surface area contributed by atoms with Crippen molar-refractivity contribution < 1.29 is 29.1 Å². The van der Waals surface area contributed by atoms with Crippen molar-refractivity contribution in [1.82, 2.24) is 0 Å². The normalized spacial score (nSPS) is 23.9. The molecular weight excluding hydrogens is 300 g/mol. The van der Waals surface area contributed by atoms with E-state index in [9.17, 15) is 9.59 Å². The lowest BCUT2D eigenvalue weighted by Crippen LogP contribution is -2.33. The van der Waals surface area contributed by atoms with Gasteiger partial charge in [0.1, 0.15) is 6.10 Å². The van der Waals surface area contributed by atoms with Gasteiger partial charge in [0.05, 0.1) is 10.6 Å². The molecule has 6 heteroatoms. The van der Waals surface area contributed by atoms with Gasteiger partial charge in [0, 0.05) is 0 Å². The molecule has 0 saturated heterocycles. The van der Waals surface area contributed by atoms with Crippen LogP contribution in [-0.2, 0) is 19.6 Å². The summed E-state index contributed by atoms with van der Waals surface area (Å²) >= 11 is 0. The summed E-state index contributed by atoms with van der Waals surface area (Å²) in [6, 6.07) is 6.85. The van der Waals surface area contributed by atoms with Crippen LogP contribution < -0.4 is 0 Å². The average molecular weight is 322 g/mol. The van der Waals surface area contributed by atoms with Crippen LogP contribution in [0.4, 0.5) is 4.79 Å². The van der Waals surface area contributed by atoms with E-state index in [4.69, 9.17) is 4.74 Å². The minimum absolute atomic E-state index is 0.207. The summed E-state index contributed by atoms with van der Waals surface area (Å²) in [5, 5.41) is 4.25. The quantitative estimate of drug-likeness (QED) is 0.474. The molecule has 1 fully saturated rings. The first kappa shape index (κ1) is 17.3. The fourth-order valence-electron chi connectivity index (χ4n) is 2.77. The summed E-state index contributed by atoms with van der Waals surface area (Å²) in [4.78, 5) is 32.2. The first-order chi connectivity index (χ1) is 11.0. The predicted octanol–water partition coefficient (Wildman–Crippen LogP) is 3.98. The van der Waals surface area contributed by atoms with Crippen LogP contribution in [0, 0.1) is 18.8 Å². The zero-order chi connectivity index (χ0) is 16.8. The Morgan fingerprint density at radius 3 is 2.57 bits per heavy atom. The van der Waals surface area contributed by atoms with Gasteiger partial charge in [-0.3, -0.25) is 4.89 Å². The topological polar surface area (TPSA) is 71.1 Å². The molecule has 2 rings (SSSR count). The van der Waals surface area contributed by atoms with Gasteiger partial charge in [0.15, 0.2) is 0 Å². The Kier molecular flexibility index (Phi) is 5.98. The van der Waals surface area contributed by atoms with Crippen molar-refractivity contribution in [1.29, 1.82) is 0 Å². The molecule has 0 heterocycles. The minimum atomic E-state index is -1.01. The highest BCUT2D eigenvalue weighted by Gasteiger charge is 2.30. The second-order valence-corrected chi connectivity index (χ2v) is 6.01. The number of hydrogen-bond acceptors (Lipinski definition) is 6. The zero-order valence-electron chi connectivity index (χ0n) is 13.6. The molecule has 1 aliphatic carbocycles. The van der Waals surface area contributed by atoms with Crippen LogP contribution in [0.15, 0.2) is 24.3 Å². The van der Waals surface area contributed by atoms with Crippen LogP contribution in [0.2, 0.25) is 0 Å². The smallest absolute Gasteiger partial charge is 0.429 e. The lowest BCUT2D eigenvalue weighted by molar-refractivity contribution is -0.453. The minimum Gasteiger partial charge on any atom is -0.429 e. The van der Waals surface area contributed by atoms with Gasteiger partial charge < -0.3 is 4.74 Å². The molecule has 126 valence electrons. The van der Waals surface area contributed by atoms with Gasteiger partial charge in [-0.25, -0.2) is 14.5 Å². The van der Waals surface area contributed by atoms with E-state index in [1.807, 2.05) is 6.92 Å². The summed E-state index contributed by atoms with van der Waals surface area (Å²) in [6.07, 6.45) is 1.71. The molecule has 1 aliphatic rings. The number of carbonyl (C=O) groups excluding carboxylic acids is 2. The van der Waals surface area contributed by atoms with Crippen molar-refractivity contribution in [3.8, 4) is 0 Å². The average Bonchev–Trinajstić information content (AvgIpc) is 2.52. The number of hydrogen-bond donors (Lipinski definition) is 0. The Balaban J connectivity index is 1.74. The predicted molar refractivity (Wildman–Crippen MR) is 81.2 cm³/mol. The van der Waals surface area contributed by atoms with Gasteiger partial charge in [0.25, 0.3) is 0 Å². The van der Waals surface area contributed by atoms with Crippen molar-refractivity contribution in [3.05, 3.63) is 35.4 Å². The van der Waals surface area contributed by atoms with Crippen molar-refractivity contribution in [2.45, 2.75) is 46.1 Å². The van der Waals surface area contributed by atoms with E-state index < -0.39 is 12.1 Å². The van der Waals surface area contributed by atoms with E-state index in [1.54, 1.807) is 31.2 Å². The highest BCUT2D eigenvalue weighted by Crippen LogP contribution is 2.31. The number of aryl methyl sites for hydroxylation is 1. The van der Waals surface area contributed by atoms with Crippen molar-refractivity contribution in [3.63, 3.8) is 0 Å². The molecule has 6 nitrogen and oxygen atoms in total. The molecular formula is C17H22O6. The Bertz CT molecular complexity index is 556. The molecule has 3 unspecified atom stereocenters. The summed E-state index contributed by atoms with van der Waals surface area (Å²) in [6.45, 7) is 5.93. The van der Waals surface area contributed by atoms with Crippen LogP contribution in [0.1, 0.15) is 49.0 Å². The molecule has 0 radical (unpaired) electrons. The lowest BCUT2D eigenvalue weighted by Gasteiger charge is -2.32. The Morgan fingerprint density at radius 1 is 1.09 bits per heavy atom. The molecule has 1 aromatic rings. The largest absolute Gasteiger partial charge is 0.543 e. The summed E-state index contributed by atoms with van der Waals surface area (Å²) in [5.74, 6) is 0.00253. The highest BCUT2D eigenvalue weighted by molar-refractivity contribution is 5.90. The van der Waals surface area contributed by atoms with Crippen LogP contribution in [-0.4, -0.2) is 18.2 Å². The molecule has 1 aromatic carbocycles. The Labute approximate surface area is 135 Å². The molecule has 3 atom stereocenters. The first-order valence-electron chi connectivity index (χ1n) is 7.80. The zero-order valence-corrected chi connectivity index (χ0v) is 13.6. The third-order valence-corrected chi connectivity index (χ3v) is 4.46. The SMILES string of the molecule is Cc1ccccc1C(=O)OOOC(=O)OC1CCCC(C)C1C. The highest BCUT2D eigenvalue weighted by atomic mass is 17.5. The maximum atomic E-state index is 11.8. The summed E-state index contributed by atoms with van der Waals surface area (Å²) < 4.78 is 5.21. The standard InChI is InChI=1S/C17H22O6/c1-11-8-6-10-15(13(11)3)20-17(19)22-23-21-16(18)14-9-5-4-7-12(14)2/h4-5,7,9,11,13,15H,6,8,10H2,1-3H3. The molecule has 0 aromatic heterocycles. The number of ether oxygens (including phenoxy) is 1. The van der Waals surface area contributed by atoms with E-state index in [-0.39, 0.29) is 12.0 Å². The van der Waals surface area contributed by atoms with Gasteiger partial charge in [-0.2, -0.15) is 0 Å². The Morgan fingerprint density at radius 2 is 1.83 bits per heavy atom. The van der Waals surface area contributed by atoms with Gasteiger partial charge in [-0.15, -0.1) is 0 Å². The fraction of sp³-hybridized carbons (Fsp3) is 0.529. The first-order valence-corrected chi connectivity index (χ1v) is 7.80. The molecule has 1 saturated carbocycles. The van der Waals surface area contributed by atoms with E-state index in [2.05, 4.69) is 21.7 Å². The molecule has 0 amide bonds. The van der Waals surface area contributed by atoms with E-state index in [1.165, 1.54) is 0 Å². The van der Waals surface area contributed by atoms with Crippen molar-refractivity contribution in [2.75, 3.05) is 0 Å². The van der Waals surface area contributed by atoms with Crippen LogP contribution in [0.3, 0.4) is 0 Å². The number of benzene rings is 1. The van der Waals surface area contributed by atoms with E-state index in [0.29, 0.717) is 11.5 Å². The summed E-state index contributed by atoms with van der Waals surface area (Å²) in [5.41, 5.74) is 1.06. The Hall–Kier alpha value is -2.08. The van der Waals surface area contributed by atoms with E-state index in [0.717, 1.165) is 24.8 Å². The van der Waals surface area contributed by atoms with Gasteiger partial charge in [-0.1, -0.05) is 38.5 Å². The van der Waals surface area contributed by atoms with Crippen LogP contribution in [0.5, 0.6) is 0 Å². The fourth-order valence-corrected chi connectivity index (χ4v) is 2.77. The second-order valence-electron chi connectivity index (χ2n) is 6.01. The maximum absolute atomic E-state index is 11.8.